The maximum atomic E-state index is 11.9. The van der Waals surface area contributed by atoms with Crippen LogP contribution < -0.4 is 15.2 Å². The van der Waals surface area contributed by atoms with E-state index in [2.05, 4.69) is 4.74 Å². The van der Waals surface area contributed by atoms with Crippen LogP contribution in [0, 0.1) is 0 Å². The van der Waals surface area contributed by atoms with Crippen LogP contribution in [0.15, 0.2) is 18.2 Å². The van der Waals surface area contributed by atoms with Crippen LogP contribution in [0.2, 0.25) is 0 Å². The molecule has 0 heterocycles. The van der Waals surface area contributed by atoms with Gasteiger partial charge in [0.2, 0.25) is 0 Å². The first kappa shape index (κ1) is 12.5. The Morgan fingerprint density at radius 3 is 2.50 bits per heavy atom. The molecule has 16 heavy (non-hydrogen) atoms. The molecule has 0 radical (unpaired) electrons. The first-order valence-electron chi connectivity index (χ1n) is 4.64. The summed E-state index contributed by atoms with van der Waals surface area (Å²) in [5.41, 5.74) is 5.61. The Balaban J connectivity index is 2.74. The minimum absolute atomic E-state index is 0.0247. The molecule has 1 rings (SSSR count). The van der Waals surface area contributed by atoms with E-state index in [1.54, 1.807) is 13.0 Å². The summed E-state index contributed by atoms with van der Waals surface area (Å²) in [5, 5.41) is 0. The lowest BCUT2D eigenvalue weighted by atomic mass is 10.3. The highest BCUT2D eigenvalue weighted by Gasteiger charge is 2.28. The largest absolute Gasteiger partial charge is 0.494 e. The highest BCUT2D eigenvalue weighted by Crippen LogP contribution is 2.28. The smallest absolute Gasteiger partial charge is 0.422 e. The second kappa shape index (κ2) is 4.96. The Morgan fingerprint density at radius 2 is 1.94 bits per heavy atom. The van der Waals surface area contributed by atoms with Crippen LogP contribution in [0.4, 0.5) is 18.9 Å². The average molecular weight is 235 g/mol. The highest BCUT2D eigenvalue weighted by molar-refractivity contribution is 5.55. The van der Waals surface area contributed by atoms with Crippen molar-refractivity contribution in [3.05, 3.63) is 18.2 Å². The van der Waals surface area contributed by atoms with Gasteiger partial charge < -0.3 is 15.2 Å². The van der Waals surface area contributed by atoms with E-state index in [4.69, 9.17) is 10.5 Å². The molecule has 0 atom stereocenters. The zero-order valence-electron chi connectivity index (χ0n) is 8.67. The van der Waals surface area contributed by atoms with Crippen molar-refractivity contribution >= 4 is 5.69 Å². The van der Waals surface area contributed by atoms with Crippen molar-refractivity contribution in [2.45, 2.75) is 13.1 Å². The third-order valence-corrected chi connectivity index (χ3v) is 1.69. The summed E-state index contributed by atoms with van der Waals surface area (Å²) in [6.07, 6.45) is -4.38. The minimum Gasteiger partial charge on any atom is -0.494 e. The van der Waals surface area contributed by atoms with Gasteiger partial charge in [0.15, 0.2) is 6.61 Å². The lowest BCUT2D eigenvalue weighted by molar-refractivity contribution is -0.153. The average Bonchev–Trinajstić information content (AvgIpc) is 2.18. The second-order valence-corrected chi connectivity index (χ2v) is 3.04. The number of rotatable bonds is 4. The summed E-state index contributed by atoms with van der Waals surface area (Å²) in [4.78, 5) is 0. The van der Waals surface area contributed by atoms with Gasteiger partial charge in [-0.2, -0.15) is 13.2 Å². The summed E-state index contributed by atoms with van der Waals surface area (Å²) < 4.78 is 45.4. The van der Waals surface area contributed by atoms with Crippen LogP contribution in [0.1, 0.15) is 6.92 Å². The summed E-state index contributed by atoms with van der Waals surface area (Å²) in [6.45, 7) is 0.821. The Kier molecular flexibility index (Phi) is 3.87. The van der Waals surface area contributed by atoms with E-state index in [9.17, 15) is 13.2 Å². The first-order chi connectivity index (χ1) is 7.42. The van der Waals surface area contributed by atoms with Crippen molar-refractivity contribution in [3.8, 4) is 11.5 Å². The second-order valence-electron chi connectivity index (χ2n) is 3.04. The summed E-state index contributed by atoms with van der Waals surface area (Å²) in [7, 11) is 0. The van der Waals surface area contributed by atoms with Crippen LogP contribution in [0.5, 0.6) is 11.5 Å². The van der Waals surface area contributed by atoms with Crippen molar-refractivity contribution in [2.75, 3.05) is 18.9 Å². The standard InChI is InChI=1S/C10H12F3NO2/c1-2-15-7-3-4-8(14)9(5-7)16-6-10(11,12)13/h3-5H,2,6,14H2,1H3. The molecule has 3 nitrogen and oxygen atoms in total. The van der Waals surface area contributed by atoms with E-state index < -0.39 is 12.8 Å². The lowest BCUT2D eigenvalue weighted by Gasteiger charge is -2.12. The van der Waals surface area contributed by atoms with Gasteiger partial charge in [0.1, 0.15) is 11.5 Å². The van der Waals surface area contributed by atoms with Gasteiger partial charge in [-0.3, -0.25) is 0 Å². The van der Waals surface area contributed by atoms with Crippen LogP contribution in [-0.2, 0) is 0 Å². The molecule has 0 aliphatic carbocycles. The number of alkyl halides is 3. The zero-order chi connectivity index (χ0) is 12.2. The van der Waals surface area contributed by atoms with E-state index in [1.165, 1.54) is 12.1 Å². The molecule has 0 amide bonds. The van der Waals surface area contributed by atoms with Crippen LogP contribution in [0.25, 0.3) is 0 Å². The fraction of sp³-hybridized carbons (Fsp3) is 0.400. The van der Waals surface area contributed by atoms with Crippen LogP contribution in [-0.4, -0.2) is 19.4 Å². The van der Waals surface area contributed by atoms with Crippen molar-refractivity contribution in [1.82, 2.24) is 0 Å². The van der Waals surface area contributed by atoms with Gasteiger partial charge >= 0.3 is 6.18 Å². The van der Waals surface area contributed by atoms with Crippen molar-refractivity contribution in [3.63, 3.8) is 0 Å². The van der Waals surface area contributed by atoms with Gasteiger partial charge in [-0.05, 0) is 19.1 Å². The van der Waals surface area contributed by atoms with Gasteiger partial charge in [-0.1, -0.05) is 0 Å². The number of nitrogen functional groups attached to an aromatic ring is 1. The van der Waals surface area contributed by atoms with Crippen LogP contribution >= 0.6 is 0 Å². The van der Waals surface area contributed by atoms with E-state index in [0.717, 1.165) is 0 Å². The maximum Gasteiger partial charge on any atom is 0.422 e. The molecule has 0 aromatic heterocycles. The maximum absolute atomic E-state index is 11.9. The SMILES string of the molecule is CCOc1ccc(N)c(OCC(F)(F)F)c1. The number of ether oxygens (including phenoxy) is 2. The molecule has 0 bridgehead atoms. The molecule has 0 unspecified atom stereocenters. The molecule has 1 aromatic carbocycles. The highest BCUT2D eigenvalue weighted by atomic mass is 19.4. The van der Waals surface area contributed by atoms with E-state index in [-0.39, 0.29) is 11.4 Å². The molecule has 0 saturated heterocycles. The molecule has 0 fully saturated rings. The third-order valence-electron chi connectivity index (χ3n) is 1.69. The van der Waals surface area contributed by atoms with E-state index in [0.29, 0.717) is 12.4 Å². The normalized spacial score (nSPS) is 11.2. The van der Waals surface area contributed by atoms with Gasteiger partial charge in [-0.25, -0.2) is 0 Å². The molecule has 1 aromatic rings. The Bertz CT molecular complexity index is 352. The quantitative estimate of drug-likeness (QED) is 0.816. The molecular weight excluding hydrogens is 223 g/mol. The predicted molar refractivity (Wildman–Crippen MR) is 53.6 cm³/mol. The molecule has 2 N–H and O–H groups in total. The summed E-state index contributed by atoms with van der Waals surface area (Å²) >= 11 is 0. The van der Waals surface area contributed by atoms with Gasteiger partial charge in [0.05, 0.1) is 12.3 Å². The van der Waals surface area contributed by atoms with E-state index >= 15 is 0 Å². The summed E-state index contributed by atoms with van der Waals surface area (Å²) in [6, 6.07) is 4.35. The molecule has 90 valence electrons. The molecule has 0 aliphatic heterocycles. The number of halogens is 3. The van der Waals surface area contributed by atoms with Crippen molar-refractivity contribution < 1.29 is 22.6 Å². The molecular formula is C10H12F3NO2. The minimum atomic E-state index is -4.38. The Hall–Kier alpha value is -1.59. The number of nitrogens with two attached hydrogens (primary N) is 1. The summed E-state index contributed by atoms with van der Waals surface area (Å²) in [5.74, 6) is 0.400. The Labute approximate surface area is 91.0 Å². The number of hydrogen-bond acceptors (Lipinski definition) is 3. The zero-order valence-corrected chi connectivity index (χ0v) is 8.67. The monoisotopic (exact) mass is 235 g/mol. The van der Waals surface area contributed by atoms with E-state index in [1.807, 2.05) is 0 Å². The number of benzene rings is 1. The molecule has 0 aliphatic rings. The fourth-order valence-electron chi connectivity index (χ4n) is 1.06. The van der Waals surface area contributed by atoms with Gasteiger partial charge in [0, 0.05) is 6.07 Å². The first-order valence-corrected chi connectivity index (χ1v) is 4.64. The van der Waals surface area contributed by atoms with Gasteiger partial charge in [-0.15, -0.1) is 0 Å². The molecule has 0 spiro atoms. The fourth-order valence-corrected chi connectivity index (χ4v) is 1.06. The number of hydrogen-bond donors (Lipinski definition) is 1. The van der Waals surface area contributed by atoms with Gasteiger partial charge in [0.25, 0.3) is 0 Å². The molecule has 0 saturated carbocycles. The van der Waals surface area contributed by atoms with Crippen LogP contribution in [0.3, 0.4) is 0 Å². The lowest BCUT2D eigenvalue weighted by Crippen LogP contribution is -2.19. The van der Waals surface area contributed by atoms with Crippen molar-refractivity contribution in [1.29, 1.82) is 0 Å². The predicted octanol–water partition coefficient (Wildman–Crippen LogP) is 2.61. The van der Waals surface area contributed by atoms with Crippen molar-refractivity contribution in [2.24, 2.45) is 0 Å². The Morgan fingerprint density at radius 1 is 1.25 bits per heavy atom. The topological polar surface area (TPSA) is 44.5 Å². The number of anilines is 1. The molecule has 6 heteroatoms. The third kappa shape index (κ3) is 3.88.